The number of aliphatic hydroxyl groups excluding tert-OH is 2. The molecule has 2 rings (SSSR count). The van der Waals surface area contributed by atoms with Crippen LogP contribution in [0.1, 0.15) is 18.1 Å². The first-order chi connectivity index (χ1) is 12.0. The van der Waals surface area contributed by atoms with Crippen LogP contribution in [-0.2, 0) is 22.3 Å². The zero-order valence-corrected chi connectivity index (χ0v) is 13.8. The van der Waals surface area contributed by atoms with Crippen molar-refractivity contribution >= 4 is 11.9 Å². The molecule has 4 atom stereocenters. The summed E-state index contributed by atoms with van der Waals surface area (Å²) in [6.45, 7) is 0.434. The highest BCUT2D eigenvalue weighted by atomic mass is 19.4. The number of carboxylic acids is 1. The summed E-state index contributed by atoms with van der Waals surface area (Å²) >= 11 is 0. The molecule has 1 amide bonds. The third-order valence-electron chi connectivity index (χ3n) is 4.27. The standard InChI is InChI=1S/C16H19F3N2O5/c1-8(22)20-14-13(24)12(23)10(15(25)26)7-21(14)6-9-4-2-3-5-11(9)16(17,18)19/h2-5,10,12-14,23-24H,6-7H2,1H3,(H,20,22)(H,25,26)/t10-,12-,13-,14-/m0/s1. The Morgan fingerprint density at radius 1 is 1.23 bits per heavy atom. The molecule has 1 aromatic rings. The average molecular weight is 376 g/mol. The molecule has 1 fully saturated rings. The second-order valence-corrected chi connectivity index (χ2v) is 6.16. The minimum atomic E-state index is -4.61. The van der Waals surface area contributed by atoms with Gasteiger partial charge in [0.1, 0.15) is 12.3 Å². The van der Waals surface area contributed by atoms with Crippen LogP contribution >= 0.6 is 0 Å². The van der Waals surface area contributed by atoms with Crippen LogP contribution in [0.15, 0.2) is 24.3 Å². The Hall–Kier alpha value is -2.17. The van der Waals surface area contributed by atoms with Crippen LogP contribution in [0, 0.1) is 5.92 Å². The molecule has 0 bridgehead atoms. The van der Waals surface area contributed by atoms with Crippen LogP contribution in [0.5, 0.6) is 0 Å². The number of rotatable bonds is 4. The Kier molecular flexibility index (Phi) is 5.89. The average Bonchev–Trinajstić information content (AvgIpc) is 2.53. The molecule has 1 heterocycles. The van der Waals surface area contributed by atoms with Gasteiger partial charge in [-0.1, -0.05) is 18.2 Å². The number of nitrogens with one attached hydrogen (secondary N) is 1. The number of aliphatic carboxylic acids is 1. The summed E-state index contributed by atoms with van der Waals surface area (Å²) in [5.74, 6) is -3.39. The normalized spacial score (nSPS) is 27.2. The monoisotopic (exact) mass is 376 g/mol. The van der Waals surface area contributed by atoms with E-state index in [-0.39, 0.29) is 18.7 Å². The molecule has 26 heavy (non-hydrogen) atoms. The van der Waals surface area contributed by atoms with E-state index in [0.717, 1.165) is 13.0 Å². The van der Waals surface area contributed by atoms with Gasteiger partial charge >= 0.3 is 12.1 Å². The smallest absolute Gasteiger partial charge is 0.416 e. The largest absolute Gasteiger partial charge is 0.481 e. The molecule has 0 saturated carbocycles. The van der Waals surface area contributed by atoms with Gasteiger partial charge in [0, 0.05) is 20.0 Å². The van der Waals surface area contributed by atoms with Crippen molar-refractivity contribution in [1.82, 2.24) is 10.2 Å². The Morgan fingerprint density at radius 2 is 1.85 bits per heavy atom. The van der Waals surface area contributed by atoms with Gasteiger partial charge in [-0.25, -0.2) is 0 Å². The molecule has 7 nitrogen and oxygen atoms in total. The minimum Gasteiger partial charge on any atom is -0.481 e. The summed E-state index contributed by atoms with van der Waals surface area (Å²) in [7, 11) is 0. The van der Waals surface area contributed by atoms with Crippen molar-refractivity contribution in [1.29, 1.82) is 0 Å². The zero-order chi connectivity index (χ0) is 19.6. The Morgan fingerprint density at radius 3 is 2.38 bits per heavy atom. The Balaban J connectivity index is 2.37. The summed E-state index contributed by atoms with van der Waals surface area (Å²) < 4.78 is 39.5. The van der Waals surface area contributed by atoms with E-state index in [2.05, 4.69) is 5.32 Å². The van der Waals surface area contributed by atoms with E-state index in [1.807, 2.05) is 0 Å². The number of carbonyl (C=O) groups is 2. The number of amides is 1. The lowest BCUT2D eigenvalue weighted by atomic mass is 9.89. The summed E-state index contributed by atoms with van der Waals surface area (Å²) in [6, 6.07) is 4.77. The van der Waals surface area contributed by atoms with Crippen LogP contribution in [-0.4, -0.2) is 57.0 Å². The predicted octanol–water partition coefficient (Wildman–Crippen LogP) is 0.406. The Labute approximate surface area is 147 Å². The molecule has 1 saturated heterocycles. The van der Waals surface area contributed by atoms with Crippen molar-refractivity contribution in [3.63, 3.8) is 0 Å². The number of benzene rings is 1. The van der Waals surface area contributed by atoms with Gasteiger partial charge in [-0.05, 0) is 11.6 Å². The highest BCUT2D eigenvalue weighted by molar-refractivity contribution is 5.74. The molecule has 0 spiro atoms. The van der Waals surface area contributed by atoms with E-state index in [1.54, 1.807) is 0 Å². The molecule has 1 aliphatic heterocycles. The van der Waals surface area contributed by atoms with Crippen LogP contribution in [0.4, 0.5) is 13.2 Å². The fourth-order valence-corrected chi connectivity index (χ4v) is 3.04. The number of carbonyl (C=O) groups excluding carboxylic acids is 1. The number of likely N-dealkylation sites (tertiary alicyclic amines) is 1. The molecule has 0 aliphatic carbocycles. The zero-order valence-electron chi connectivity index (χ0n) is 13.8. The van der Waals surface area contributed by atoms with Gasteiger partial charge in [-0.15, -0.1) is 0 Å². The second-order valence-electron chi connectivity index (χ2n) is 6.16. The van der Waals surface area contributed by atoms with Gasteiger partial charge in [0.25, 0.3) is 0 Å². The number of hydrogen-bond acceptors (Lipinski definition) is 5. The van der Waals surface area contributed by atoms with Crippen molar-refractivity contribution in [2.45, 2.75) is 38.0 Å². The quantitative estimate of drug-likeness (QED) is 0.606. The molecule has 4 N–H and O–H groups in total. The van der Waals surface area contributed by atoms with Crippen LogP contribution < -0.4 is 5.32 Å². The van der Waals surface area contributed by atoms with E-state index in [1.165, 1.54) is 23.1 Å². The highest BCUT2D eigenvalue weighted by Gasteiger charge is 2.46. The minimum absolute atomic E-state index is 0.136. The summed E-state index contributed by atoms with van der Waals surface area (Å²) in [4.78, 5) is 23.9. The van der Waals surface area contributed by atoms with E-state index in [0.29, 0.717) is 0 Å². The van der Waals surface area contributed by atoms with E-state index >= 15 is 0 Å². The number of aliphatic hydroxyl groups is 2. The molecule has 1 aliphatic rings. The summed E-state index contributed by atoms with van der Waals surface area (Å²) in [5.41, 5.74) is -1.03. The van der Waals surface area contributed by atoms with E-state index in [9.17, 15) is 38.1 Å². The maximum absolute atomic E-state index is 13.2. The maximum Gasteiger partial charge on any atom is 0.416 e. The summed E-state index contributed by atoms with van der Waals surface area (Å²) in [6.07, 6.45) is -9.18. The predicted molar refractivity (Wildman–Crippen MR) is 82.6 cm³/mol. The lowest BCUT2D eigenvalue weighted by molar-refractivity contribution is -0.166. The van der Waals surface area contributed by atoms with Crippen molar-refractivity contribution in [3.05, 3.63) is 35.4 Å². The Bertz CT molecular complexity index is 682. The fraction of sp³-hybridized carbons (Fsp3) is 0.500. The first-order valence-corrected chi connectivity index (χ1v) is 7.77. The molecular formula is C16H19F3N2O5. The topological polar surface area (TPSA) is 110 Å². The number of carboxylic acid groups (broad SMARTS) is 1. The molecule has 0 aromatic heterocycles. The number of nitrogens with zero attached hydrogens (tertiary/aromatic N) is 1. The molecule has 10 heteroatoms. The number of piperidine rings is 1. The van der Waals surface area contributed by atoms with Crippen LogP contribution in [0.2, 0.25) is 0 Å². The van der Waals surface area contributed by atoms with E-state index < -0.39 is 47.9 Å². The maximum atomic E-state index is 13.2. The molecular weight excluding hydrogens is 357 g/mol. The van der Waals surface area contributed by atoms with Crippen molar-refractivity contribution in [2.24, 2.45) is 5.92 Å². The first-order valence-electron chi connectivity index (χ1n) is 7.77. The third kappa shape index (κ3) is 4.32. The van der Waals surface area contributed by atoms with E-state index in [4.69, 9.17) is 0 Å². The molecule has 0 unspecified atom stereocenters. The van der Waals surface area contributed by atoms with Gasteiger partial charge in [0.15, 0.2) is 0 Å². The van der Waals surface area contributed by atoms with Crippen LogP contribution in [0.25, 0.3) is 0 Å². The van der Waals surface area contributed by atoms with Gasteiger partial charge < -0.3 is 20.6 Å². The van der Waals surface area contributed by atoms with Gasteiger partial charge in [-0.2, -0.15) is 13.2 Å². The first kappa shape index (κ1) is 20.1. The van der Waals surface area contributed by atoms with Crippen molar-refractivity contribution in [3.8, 4) is 0 Å². The fourth-order valence-electron chi connectivity index (χ4n) is 3.04. The van der Waals surface area contributed by atoms with Gasteiger partial charge in [-0.3, -0.25) is 14.5 Å². The van der Waals surface area contributed by atoms with Gasteiger partial charge in [0.05, 0.1) is 17.6 Å². The molecule has 1 aromatic carbocycles. The lowest BCUT2D eigenvalue weighted by Gasteiger charge is -2.44. The van der Waals surface area contributed by atoms with Crippen LogP contribution in [0.3, 0.4) is 0 Å². The number of hydrogen-bond donors (Lipinski definition) is 4. The SMILES string of the molecule is CC(=O)N[C@@H]1[C@@H](O)[C@@H](O)[C@@H](C(=O)O)CN1Cc1ccccc1C(F)(F)F. The third-order valence-corrected chi connectivity index (χ3v) is 4.27. The molecule has 144 valence electrons. The van der Waals surface area contributed by atoms with Crippen molar-refractivity contribution < 1.29 is 38.1 Å². The molecule has 0 radical (unpaired) electrons. The number of halogens is 3. The van der Waals surface area contributed by atoms with Crippen molar-refractivity contribution in [2.75, 3.05) is 6.54 Å². The number of alkyl halides is 3. The highest BCUT2D eigenvalue weighted by Crippen LogP contribution is 2.33. The summed E-state index contributed by atoms with van der Waals surface area (Å²) in [5, 5.41) is 31.7. The lowest BCUT2D eigenvalue weighted by Crippen LogP contribution is -2.65. The second kappa shape index (κ2) is 7.60. The van der Waals surface area contributed by atoms with Gasteiger partial charge in [0.2, 0.25) is 5.91 Å².